The third-order valence-corrected chi connectivity index (χ3v) is 2.29. The summed E-state index contributed by atoms with van der Waals surface area (Å²) in [5.74, 6) is 0.531. The Hall–Kier alpha value is -2.55. The van der Waals surface area contributed by atoms with E-state index in [0.29, 0.717) is 5.75 Å². The number of hydrogen-bond donors (Lipinski definition) is 0. The molecule has 6 heteroatoms. The van der Waals surface area contributed by atoms with E-state index < -0.39 is 17.3 Å². The Morgan fingerprint density at radius 2 is 1.95 bits per heavy atom. The lowest BCUT2D eigenvalue weighted by atomic mass is 10.1. The number of rotatable bonds is 2. The molecule has 0 unspecified atom stereocenters. The Kier molecular flexibility index (Phi) is 3.38. The summed E-state index contributed by atoms with van der Waals surface area (Å²) in [6.45, 7) is 0. The average molecular weight is 264 g/mol. The first-order valence-corrected chi connectivity index (χ1v) is 5.20. The molecule has 1 heterocycles. The molecule has 0 saturated carbocycles. The second-order valence-electron chi connectivity index (χ2n) is 3.61. The molecule has 19 heavy (non-hydrogen) atoms. The number of nitrogens with zero attached hydrogens (tertiary/aromatic N) is 2. The summed E-state index contributed by atoms with van der Waals surface area (Å²) >= 11 is 0. The molecule has 0 aliphatic heterocycles. The topological polar surface area (TPSA) is 45.9 Å². The molecule has 0 spiro atoms. The van der Waals surface area contributed by atoms with Crippen LogP contribution >= 0.6 is 0 Å². The van der Waals surface area contributed by atoms with Gasteiger partial charge in [-0.3, -0.25) is 4.98 Å². The van der Waals surface area contributed by atoms with Gasteiger partial charge in [-0.05, 0) is 30.3 Å². The molecule has 96 valence electrons. The van der Waals surface area contributed by atoms with Crippen molar-refractivity contribution in [3.63, 3.8) is 0 Å². The first-order chi connectivity index (χ1) is 9.00. The maximum absolute atomic E-state index is 12.6. The van der Waals surface area contributed by atoms with E-state index in [1.54, 1.807) is 18.3 Å². The number of hydrogen-bond acceptors (Lipinski definition) is 3. The van der Waals surface area contributed by atoms with Crippen LogP contribution in [0.1, 0.15) is 11.1 Å². The van der Waals surface area contributed by atoms with E-state index in [-0.39, 0.29) is 5.75 Å². The maximum atomic E-state index is 12.6. The van der Waals surface area contributed by atoms with Gasteiger partial charge in [0.25, 0.3) is 0 Å². The number of nitriles is 1. The van der Waals surface area contributed by atoms with E-state index in [9.17, 15) is 13.2 Å². The van der Waals surface area contributed by atoms with Crippen molar-refractivity contribution in [3.8, 4) is 17.6 Å². The van der Waals surface area contributed by atoms with Crippen molar-refractivity contribution >= 4 is 0 Å². The highest BCUT2D eigenvalue weighted by molar-refractivity contribution is 5.45. The van der Waals surface area contributed by atoms with Crippen molar-refractivity contribution in [2.24, 2.45) is 0 Å². The van der Waals surface area contributed by atoms with Gasteiger partial charge < -0.3 is 4.74 Å². The fourth-order valence-corrected chi connectivity index (χ4v) is 1.47. The van der Waals surface area contributed by atoms with Gasteiger partial charge in [-0.15, -0.1) is 0 Å². The Morgan fingerprint density at radius 3 is 2.53 bits per heavy atom. The maximum Gasteiger partial charge on any atom is 0.417 e. The summed E-state index contributed by atoms with van der Waals surface area (Å²) in [4.78, 5) is 3.81. The van der Waals surface area contributed by atoms with E-state index in [1.807, 2.05) is 0 Å². The highest BCUT2D eigenvalue weighted by Gasteiger charge is 2.33. The Bertz CT molecular complexity index is 618. The van der Waals surface area contributed by atoms with Gasteiger partial charge in [-0.1, -0.05) is 0 Å². The molecular formula is C13H7F3N2O. The van der Waals surface area contributed by atoms with Crippen LogP contribution in [0.3, 0.4) is 0 Å². The predicted octanol–water partition coefficient (Wildman–Crippen LogP) is 3.76. The number of halogens is 3. The average Bonchev–Trinajstić information content (AvgIpc) is 2.38. The smallest absolute Gasteiger partial charge is 0.417 e. The van der Waals surface area contributed by atoms with Gasteiger partial charge in [0.2, 0.25) is 0 Å². The molecule has 0 saturated heterocycles. The summed E-state index contributed by atoms with van der Waals surface area (Å²) in [7, 11) is 0. The molecule has 0 radical (unpaired) electrons. The lowest BCUT2D eigenvalue weighted by molar-refractivity contribution is -0.137. The number of ether oxygens (including phenoxy) is 1. The molecule has 1 aromatic heterocycles. The summed E-state index contributed by atoms with van der Waals surface area (Å²) in [5, 5.41) is 8.75. The van der Waals surface area contributed by atoms with Gasteiger partial charge >= 0.3 is 6.18 Å². The lowest BCUT2D eigenvalue weighted by Gasteiger charge is -2.10. The van der Waals surface area contributed by atoms with Gasteiger partial charge in [0.1, 0.15) is 11.5 Å². The molecule has 0 atom stereocenters. The van der Waals surface area contributed by atoms with Crippen LogP contribution in [0.15, 0.2) is 42.7 Å². The van der Waals surface area contributed by atoms with E-state index in [1.165, 1.54) is 12.3 Å². The largest absolute Gasteiger partial charge is 0.456 e. The first kappa shape index (κ1) is 12.9. The van der Waals surface area contributed by atoms with Crippen LogP contribution in [0, 0.1) is 11.3 Å². The highest BCUT2D eigenvalue weighted by atomic mass is 19.4. The van der Waals surface area contributed by atoms with Crippen molar-refractivity contribution < 1.29 is 17.9 Å². The van der Waals surface area contributed by atoms with Gasteiger partial charge in [-0.25, -0.2) is 0 Å². The van der Waals surface area contributed by atoms with Crippen LogP contribution in [-0.4, -0.2) is 4.98 Å². The standard InChI is InChI=1S/C13H7F3N2O/c14-13(15,16)12-4-3-10(6-9(12)7-17)19-11-2-1-5-18-8-11/h1-6,8H. The quantitative estimate of drug-likeness (QED) is 0.829. The van der Waals surface area contributed by atoms with Crippen LogP contribution in [0.4, 0.5) is 13.2 Å². The van der Waals surface area contributed by atoms with Crippen LogP contribution in [-0.2, 0) is 6.18 Å². The van der Waals surface area contributed by atoms with Gasteiger partial charge in [0.05, 0.1) is 23.4 Å². The fraction of sp³-hybridized carbons (Fsp3) is 0.0769. The molecule has 0 aliphatic carbocycles. The molecule has 0 N–H and O–H groups in total. The summed E-state index contributed by atoms with van der Waals surface area (Å²) in [5.41, 5.74) is -1.46. The summed E-state index contributed by atoms with van der Waals surface area (Å²) in [6.07, 6.45) is -1.60. The number of aromatic nitrogens is 1. The lowest BCUT2D eigenvalue weighted by Crippen LogP contribution is -2.07. The SMILES string of the molecule is N#Cc1cc(Oc2cccnc2)ccc1C(F)(F)F. The van der Waals surface area contributed by atoms with Crippen LogP contribution in [0.5, 0.6) is 11.5 Å². The van der Waals surface area contributed by atoms with Gasteiger partial charge in [0.15, 0.2) is 0 Å². The van der Waals surface area contributed by atoms with E-state index in [2.05, 4.69) is 4.98 Å². The normalized spacial score (nSPS) is 10.8. The molecule has 3 nitrogen and oxygen atoms in total. The molecule has 2 rings (SSSR count). The highest BCUT2D eigenvalue weighted by Crippen LogP contribution is 2.34. The third kappa shape index (κ3) is 3.01. The number of pyridine rings is 1. The molecule has 0 fully saturated rings. The molecule has 1 aromatic carbocycles. The van der Waals surface area contributed by atoms with E-state index in [0.717, 1.165) is 18.2 Å². The Morgan fingerprint density at radius 1 is 1.16 bits per heavy atom. The predicted molar refractivity (Wildman–Crippen MR) is 60.5 cm³/mol. The van der Waals surface area contributed by atoms with E-state index >= 15 is 0 Å². The second-order valence-corrected chi connectivity index (χ2v) is 3.61. The Balaban J connectivity index is 2.33. The zero-order valence-corrected chi connectivity index (χ0v) is 9.48. The Labute approximate surface area is 106 Å². The number of alkyl halides is 3. The summed E-state index contributed by atoms with van der Waals surface area (Å²) in [6, 6.07) is 7.79. The zero-order valence-electron chi connectivity index (χ0n) is 9.48. The van der Waals surface area contributed by atoms with Crippen LogP contribution < -0.4 is 4.74 Å². The van der Waals surface area contributed by atoms with Crippen molar-refractivity contribution in [3.05, 3.63) is 53.9 Å². The van der Waals surface area contributed by atoms with Crippen molar-refractivity contribution in [2.75, 3.05) is 0 Å². The minimum atomic E-state index is -4.56. The monoisotopic (exact) mass is 264 g/mol. The summed E-state index contributed by atoms with van der Waals surface area (Å²) < 4.78 is 43.1. The minimum Gasteiger partial charge on any atom is -0.456 e. The van der Waals surface area contributed by atoms with Crippen molar-refractivity contribution in [1.29, 1.82) is 5.26 Å². The second kappa shape index (κ2) is 4.98. The van der Waals surface area contributed by atoms with Crippen molar-refractivity contribution in [1.82, 2.24) is 4.98 Å². The van der Waals surface area contributed by atoms with Gasteiger partial charge in [0, 0.05) is 6.20 Å². The molecule has 0 amide bonds. The van der Waals surface area contributed by atoms with Gasteiger partial charge in [-0.2, -0.15) is 18.4 Å². The molecule has 0 aliphatic rings. The number of benzene rings is 1. The molecule has 0 bridgehead atoms. The zero-order chi connectivity index (χ0) is 13.9. The van der Waals surface area contributed by atoms with Crippen LogP contribution in [0.2, 0.25) is 0 Å². The van der Waals surface area contributed by atoms with Crippen LogP contribution in [0.25, 0.3) is 0 Å². The molecular weight excluding hydrogens is 257 g/mol. The van der Waals surface area contributed by atoms with Crippen molar-refractivity contribution in [2.45, 2.75) is 6.18 Å². The fourth-order valence-electron chi connectivity index (χ4n) is 1.47. The third-order valence-electron chi connectivity index (χ3n) is 2.29. The first-order valence-electron chi connectivity index (χ1n) is 5.20. The molecule has 2 aromatic rings. The van der Waals surface area contributed by atoms with E-state index in [4.69, 9.17) is 10.00 Å². The minimum absolute atomic E-state index is 0.151.